The number of sulfonamides is 1. The minimum Gasteiger partial charge on any atom is -0.462 e. The molecule has 0 fully saturated rings. The van der Waals surface area contributed by atoms with E-state index in [0.29, 0.717) is 17.9 Å². The molecule has 0 atom stereocenters. The first-order chi connectivity index (χ1) is 9.91. The van der Waals surface area contributed by atoms with Crippen LogP contribution in [0.2, 0.25) is 0 Å². The van der Waals surface area contributed by atoms with Gasteiger partial charge in [-0.05, 0) is 19.1 Å². The molecule has 0 bridgehead atoms. The summed E-state index contributed by atoms with van der Waals surface area (Å²) in [5.41, 5.74) is 6.87. The summed E-state index contributed by atoms with van der Waals surface area (Å²) in [5.74, 6) is -0.612. The molecule has 0 unspecified atom stereocenters. The molecular weight excluding hydrogens is 294 g/mol. The van der Waals surface area contributed by atoms with Gasteiger partial charge in [0.1, 0.15) is 0 Å². The van der Waals surface area contributed by atoms with Crippen molar-refractivity contribution in [3.8, 4) is 0 Å². The van der Waals surface area contributed by atoms with Crippen molar-refractivity contribution in [2.75, 3.05) is 36.5 Å². The van der Waals surface area contributed by atoms with Gasteiger partial charge in [0.2, 0.25) is 10.0 Å². The third-order valence-corrected chi connectivity index (χ3v) is 4.10. The van der Waals surface area contributed by atoms with E-state index in [9.17, 15) is 13.2 Å². The van der Waals surface area contributed by atoms with Gasteiger partial charge in [-0.3, -0.25) is 0 Å². The Morgan fingerprint density at radius 1 is 1.33 bits per heavy atom. The Morgan fingerprint density at radius 2 is 2.05 bits per heavy atom. The molecule has 8 heteroatoms. The minimum absolute atomic E-state index is 0.114. The molecule has 1 rings (SSSR count). The normalized spacial score (nSPS) is 11.1. The molecule has 0 aliphatic rings. The van der Waals surface area contributed by atoms with Crippen molar-refractivity contribution in [1.82, 2.24) is 4.72 Å². The fourth-order valence-electron chi connectivity index (χ4n) is 1.75. The van der Waals surface area contributed by atoms with Gasteiger partial charge in [0, 0.05) is 13.1 Å². The van der Waals surface area contributed by atoms with Gasteiger partial charge < -0.3 is 15.8 Å². The van der Waals surface area contributed by atoms with Gasteiger partial charge in [-0.15, -0.1) is 0 Å². The monoisotopic (exact) mass is 315 g/mol. The number of hydrogen-bond donors (Lipinski definition) is 3. The van der Waals surface area contributed by atoms with Crippen LogP contribution in [0.4, 0.5) is 11.4 Å². The van der Waals surface area contributed by atoms with Crippen LogP contribution in [0, 0.1) is 0 Å². The first kappa shape index (κ1) is 17.3. The maximum Gasteiger partial charge on any atom is 0.340 e. The van der Waals surface area contributed by atoms with Crippen LogP contribution >= 0.6 is 0 Å². The third-order valence-electron chi connectivity index (χ3n) is 2.63. The van der Waals surface area contributed by atoms with Gasteiger partial charge in [-0.1, -0.05) is 13.0 Å². The number of para-hydroxylation sites is 1. The highest BCUT2D eigenvalue weighted by Gasteiger charge is 2.15. The van der Waals surface area contributed by atoms with Crippen LogP contribution in [0.1, 0.15) is 24.2 Å². The third kappa shape index (κ3) is 5.24. The second kappa shape index (κ2) is 7.84. The van der Waals surface area contributed by atoms with E-state index in [1.807, 2.05) is 0 Å². The molecule has 4 N–H and O–H groups in total. The van der Waals surface area contributed by atoms with E-state index in [2.05, 4.69) is 10.0 Å². The van der Waals surface area contributed by atoms with Crippen LogP contribution in [0.15, 0.2) is 18.2 Å². The lowest BCUT2D eigenvalue weighted by Crippen LogP contribution is -2.29. The van der Waals surface area contributed by atoms with Gasteiger partial charge in [-0.2, -0.15) is 0 Å². The van der Waals surface area contributed by atoms with Crippen LogP contribution in [-0.2, 0) is 14.8 Å². The smallest absolute Gasteiger partial charge is 0.340 e. The lowest BCUT2D eigenvalue weighted by Gasteiger charge is -2.14. The van der Waals surface area contributed by atoms with Crippen molar-refractivity contribution in [1.29, 1.82) is 0 Å². The number of ether oxygens (including phenoxy) is 1. The molecule has 21 heavy (non-hydrogen) atoms. The topological polar surface area (TPSA) is 111 Å². The molecule has 1 aromatic rings. The van der Waals surface area contributed by atoms with E-state index < -0.39 is 16.0 Å². The predicted octanol–water partition coefficient (Wildman–Crippen LogP) is 0.797. The van der Waals surface area contributed by atoms with E-state index in [-0.39, 0.29) is 24.5 Å². The van der Waals surface area contributed by atoms with Gasteiger partial charge in [-0.25, -0.2) is 17.9 Å². The number of nitrogens with one attached hydrogen (secondary N) is 2. The highest BCUT2D eigenvalue weighted by molar-refractivity contribution is 7.89. The van der Waals surface area contributed by atoms with E-state index in [4.69, 9.17) is 10.5 Å². The summed E-state index contributed by atoms with van der Waals surface area (Å²) in [6.07, 6.45) is 0. The van der Waals surface area contributed by atoms with Crippen molar-refractivity contribution in [3.05, 3.63) is 23.8 Å². The zero-order valence-corrected chi connectivity index (χ0v) is 13.0. The fourth-order valence-corrected chi connectivity index (χ4v) is 2.70. The molecule has 0 saturated carbocycles. The molecule has 118 valence electrons. The van der Waals surface area contributed by atoms with Crippen molar-refractivity contribution >= 4 is 27.4 Å². The standard InChI is InChI=1S/C13H21N3O4S/c1-3-16-21(18,19)9-8-15-12-10(13(17)20-4-2)6-5-7-11(12)14/h5-7,15-16H,3-4,8-9,14H2,1-2H3. The maximum absolute atomic E-state index is 11.8. The van der Waals surface area contributed by atoms with Crippen LogP contribution in [0.5, 0.6) is 0 Å². The quantitative estimate of drug-likeness (QED) is 0.483. The molecule has 0 aliphatic carbocycles. The average Bonchev–Trinajstić information content (AvgIpc) is 2.40. The second-order valence-electron chi connectivity index (χ2n) is 4.23. The van der Waals surface area contributed by atoms with Crippen molar-refractivity contribution in [2.24, 2.45) is 0 Å². The molecule has 1 aromatic carbocycles. The van der Waals surface area contributed by atoms with Gasteiger partial charge >= 0.3 is 5.97 Å². The summed E-state index contributed by atoms with van der Waals surface area (Å²) in [4.78, 5) is 11.8. The number of benzene rings is 1. The molecular formula is C13H21N3O4S. The zero-order chi connectivity index (χ0) is 15.9. The number of esters is 1. The second-order valence-corrected chi connectivity index (χ2v) is 6.16. The Bertz CT molecular complexity index is 587. The number of carbonyl (C=O) groups is 1. The molecule has 0 aliphatic heterocycles. The number of carbonyl (C=O) groups excluding carboxylic acids is 1. The van der Waals surface area contributed by atoms with Crippen molar-refractivity contribution in [2.45, 2.75) is 13.8 Å². The molecule has 0 saturated heterocycles. The number of nitrogens with two attached hydrogens (primary N) is 1. The highest BCUT2D eigenvalue weighted by Crippen LogP contribution is 2.24. The van der Waals surface area contributed by atoms with Crippen LogP contribution in [-0.4, -0.2) is 39.8 Å². The molecule has 0 spiro atoms. The predicted molar refractivity (Wildman–Crippen MR) is 82.8 cm³/mol. The lowest BCUT2D eigenvalue weighted by molar-refractivity contribution is 0.0527. The maximum atomic E-state index is 11.8. The summed E-state index contributed by atoms with van der Waals surface area (Å²) in [7, 11) is -3.33. The van der Waals surface area contributed by atoms with Crippen LogP contribution < -0.4 is 15.8 Å². The highest BCUT2D eigenvalue weighted by atomic mass is 32.2. The Hall–Kier alpha value is -1.80. The number of hydrogen-bond acceptors (Lipinski definition) is 6. The first-order valence-electron chi connectivity index (χ1n) is 6.68. The van der Waals surface area contributed by atoms with E-state index in [1.165, 1.54) is 0 Å². The van der Waals surface area contributed by atoms with Gasteiger partial charge in [0.25, 0.3) is 0 Å². The fraction of sp³-hybridized carbons (Fsp3) is 0.462. The van der Waals surface area contributed by atoms with Crippen molar-refractivity contribution in [3.63, 3.8) is 0 Å². The zero-order valence-electron chi connectivity index (χ0n) is 12.2. The summed E-state index contributed by atoms with van der Waals surface area (Å²) in [6.45, 7) is 4.14. The van der Waals surface area contributed by atoms with Crippen molar-refractivity contribution < 1.29 is 17.9 Å². The molecule has 0 amide bonds. The number of anilines is 2. The summed E-state index contributed by atoms with van der Waals surface area (Å²) in [6, 6.07) is 4.85. The molecule has 7 nitrogen and oxygen atoms in total. The van der Waals surface area contributed by atoms with E-state index in [1.54, 1.807) is 32.0 Å². The summed E-state index contributed by atoms with van der Waals surface area (Å²) >= 11 is 0. The number of nitrogen functional groups attached to an aromatic ring is 1. The van der Waals surface area contributed by atoms with E-state index in [0.717, 1.165) is 0 Å². The number of rotatable bonds is 8. The molecule has 0 aromatic heterocycles. The van der Waals surface area contributed by atoms with E-state index >= 15 is 0 Å². The average molecular weight is 315 g/mol. The largest absolute Gasteiger partial charge is 0.462 e. The van der Waals surface area contributed by atoms with Crippen LogP contribution in [0.3, 0.4) is 0 Å². The van der Waals surface area contributed by atoms with Gasteiger partial charge in [0.15, 0.2) is 0 Å². The molecule has 0 radical (unpaired) electrons. The SMILES string of the molecule is CCNS(=O)(=O)CCNc1c(N)cccc1C(=O)OCC. The Labute approximate surface area is 124 Å². The van der Waals surface area contributed by atoms with Gasteiger partial charge in [0.05, 0.1) is 29.3 Å². The summed E-state index contributed by atoms with van der Waals surface area (Å²) in [5, 5.41) is 2.89. The Balaban J connectivity index is 2.81. The lowest BCUT2D eigenvalue weighted by atomic mass is 10.1. The van der Waals surface area contributed by atoms with Crippen LogP contribution in [0.25, 0.3) is 0 Å². The Morgan fingerprint density at radius 3 is 2.67 bits per heavy atom. The first-order valence-corrected chi connectivity index (χ1v) is 8.33. The minimum atomic E-state index is -3.33. The molecule has 0 heterocycles. The Kier molecular flexibility index (Phi) is 6.44. The summed E-state index contributed by atoms with van der Waals surface area (Å²) < 4.78 is 30.4.